The van der Waals surface area contributed by atoms with Gasteiger partial charge < -0.3 is 19.4 Å². The van der Waals surface area contributed by atoms with Gasteiger partial charge in [0.2, 0.25) is 0 Å². The maximum atomic E-state index is 10.9. The second-order valence-corrected chi connectivity index (χ2v) is 5.66. The fraction of sp³-hybridized carbons (Fsp3) is 0.462. The Morgan fingerprint density at radius 1 is 1.30 bits per heavy atom. The molecule has 0 spiro atoms. The molecule has 2 rings (SSSR count). The average molecular weight is 276 g/mol. The van der Waals surface area contributed by atoms with Crippen molar-refractivity contribution in [1.82, 2.24) is 4.98 Å². The van der Waals surface area contributed by atoms with Gasteiger partial charge in [0, 0.05) is 0 Å². The van der Waals surface area contributed by atoms with Crippen LogP contribution in [-0.2, 0) is 9.31 Å². The lowest BCUT2D eigenvalue weighted by molar-refractivity contribution is -0.389. The van der Waals surface area contributed by atoms with E-state index >= 15 is 0 Å². The number of hydrogen-bond acceptors (Lipinski definition) is 5. The predicted molar refractivity (Wildman–Crippen MR) is 76.0 cm³/mol. The van der Waals surface area contributed by atoms with E-state index in [1.807, 2.05) is 27.7 Å². The molecule has 2 heterocycles. The van der Waals surface area contributed by atoms with Crippen LogP contribution in [0, 0.1) is 10.1 Å². The van der Waals surface area contributed by atoms with Gasteiger partial charge in [-0.15, -0.1) is 0 Å². The number of rotatable bonds is 3. The quantitative estimate of drug-likeness (QED) is 0.482. The van der Waals surface area contributed by atoms with E-state index in [0.717, 1.165) is 0 Å². The minimum absolute atomic E-state index is 0.180. The van der Waals surface area contributed by atoms with E-state index in [2.05, 4.69) is 4.98 Å². The number of nitro groups is 1. The second kappa shape index (κ2) is 4.99. The zero-order chi connectivity index (χ0) is 15.0. The maximum Gasteiger partial charge on any atom is 0.487 e. The van der Waals surface area contributed by atoms with Gasteiger partial charge in [0.05, 0.1) is 16.8 Å². The number of aromatic nitrogens is 1. The SMILES string of the molecule is CC1(C)OB(/C=C/c2cccnc2[N+](=O)[O-])OC1(C)C. The molecule has 0 radical (unpaired) electrons. The molecule has 0 bridgehead atoms. The smallest absolute Gasteiger partial charge is 0.400 e. The second-order valence-electron chi connectivity index (χ2n) is 5.66. The maximum absolute atomic E-state index is 10.9. The van der Waals surface area contributed by atoms with Gasteiger partial charge in [-0.25, -0.2) is 0 Å². The molecule has 1 saturated heterocycles. The third kappa shape index (κ3) is 2.73. The summed E-state index contributed by atoms with van der Waals surface area (Å²) in [4.78, 5) is 14.1. The molecule has 1 fully saturated rings. The highest BCUT2D eigenvalue weighted by Crippen LogP contribution is 2.37. The van der Waals surface area contributed by atoms with Crippen molar-refractivity contribution in [2.75, 3.05) is 0 Å². The number of pyridine rings is 1. The van der Waals surface area contributed by atoms with Crippen LogP contribution >= 0.6 is 0 Å². The van der Waals surface area contributed by atoms with E-state index in [1.165, 1.54) is 6.20 Å². The molecule has 0 aromatic carbocycles. The molecule has 106 valence electrons. The van der Waals surface area contributed by atoms with Crippen molar-refractivity contribution in [3.05, 3.63) is 40.0 Å². The third-order valence-corrected chi connectivity index (χ3v) is 3.69. The van der Waals surface area contributed by atoms with E-state index in [1.54, 1.807) is 24.2 Å². The van der Waals surface area contributed by atoms with E-state index < -0.39 is 23.2 Å². The van der Waals surface area contributed by atoms with E-state index in [9.17, 15) is 10.1 Å². The first-order valence-corrected chi connectivity index (χ1v) is 6.36. The summed E-state index contributed by atoms with van der Waals surface area (Å²) in [6, 6.07) is 3.28. The normalized spacial score (nSPS) is 20.5. The standard InChI is InChI=1S/C13H17BN2O4/c1-12(2)13(3,4)20-14(19-12)8-7-10-6-5-9-15-11(10)16(17)18/h5-9H,1-4H3/b8-7+. The van der Waals surface area contributed by atoms with Gasteiger partial charge in [0.1, 0.15) is 6.20 Å². The van der Waals surface area contributed by atoms with Gasteiger partial charge in [0.25, 0.3) is 0 Å². The summed E-state index contributed by atoms with van der Waals surface area (Å²) in [7, 11) is -0.528. The Kier molecular flexibility index (Phi) is 3.66. The first-order chi connectivity index (χ1) is 9.23. The highest BCUT2D eigenvalue weighted by atomic mass is 16.7. The van der Waals surface area contributed by atoms with Crippen LogP contribution < -0.4 is 0 Å². The van der Waals surface area contributed by atoms with Crippen molar-refractivity contribution in [1.29, 1.82) is 0 Å². The lowest BCUT2D eigenvalue weighted by Crippen LogP contribution is -2.41. The summed E-state index contributed by atoms with van der Waals surface area (Å²) in [6.45, 7) is 7.81. The van der Waals surface area contributed by atoms with Crippen molar-refractivity contribution < 1.29 is 14.2 Å². The molecule has 0 unspecified atom stereocenters. The Bertz CT molecular complexity index is 541. The van der Waals surface area contributed by atoms with E-state index in [-0.39, 0.29) is 5.82 Å². The van der Waals surface area contributed by atoms with Crippen LogP contribution in [0.5, 0.6) is 0 Å². The van der Waals surface area contributed by atoms with Gasteiger partial charge in [-0.2, -0.15) is 0 Å². The third-order valence-electron chi connectivity index (χ3n) is 3.69. The fourth-order valence-electron chi connectivity index (χ4n) is 1.84. The van der Waals surface area contributed by atoms with Crippen LogP contribution in [0.4, 0.5) is 5.82 Å². The van der Waals surface area contributed by atoms with E-state index in [0.29, 0.717) is 5.56 Å². The lowest BCUT2D eigenvalue weighted by Gasteiger charge is -2.32. The summed E-state index contributed by atoms with van der Waals surface area (Å²) in [6.07, 6.45) is 3.00. The van der Waals surface area contributed by atoms with Crippen molar-refractivity contribution in [3.8, 4) is 0 Å². The molecule has 0 N–H and O–H groups in total. The summed E-state index contributed by atoms with van der Waals surface area (Å²) in [5.74, 6) is 1.49. The molecule has 1 aromatic rings. The van der Waals surface area contributed by atoms with Crippen molar-refractivity contribution in [2.24, 2.45) is 0 Å². The first-order valence-electron chi connectivity index (χ1n) is 6.36. The van der Waals surface area contributed by atoms with Crippen molar-refractivity contribution in [2.45, 2.75) is 38.9 Å². The van der Waals surface area contributed by atoms with Crippen LogP contribution in [0.3, 0.4) is 0 Å². The first kappa shape index (κ1) is 14.7. The van der Waals surface area contributed by atoms with Gasteiger partial charge in [-0.3, -0.25) is 0 Å². The van der Waals surface area contributed by atoms with Crippen molar-refractivity contribution >= 4 is 19.0 Å². The molecule has 1 aliphatic heterocycles. The van der Waals surface area contributed by atoms with Gasteiger partial charge in [0.15, 0.2) is 0 Å². The molecule has 0 amide bonds. The Morgan fingerprint density at radius 2 is 1.90 bits per heavy atom. The Hall–Kier alpha value is -1.73. The van der Waals surface area contributed by atoms with Crippen LogP contribution in [0.15, 0.2) is 24.3 Å². The van der Waals surface area contributed by atoms with Crippen LogP contribution in [-0.4, -0.2) is 28.2 Å². The number of hydrogen-bond donors (Lipinski definition) is 0. The number of nitrogens with zero attached hydrogens (tertiary/aromatic N) is 2. The van der Waals surface area contributed by atoms with Gasteiger partial charge in [-0.1, -0.05) is 12.1 Å². The van der Waals surface area contributed by atoms with Crippen molar-refractivity contribution in [3.63, 3.8) is 0 Å². The molecule has 1 aliphatic rings. The summed E-state index contributed by atoms with van der Waals surface area (Å²) < 4.78 is 11.6. The van der Waals surface area contributed by atoms with Gasteiger partial charge in [-0.05, 0) is 49.7 Å². The molecule has 20 heavy (non-hydrogen) atoms. The fourth-order valence-corrected chi connectivity index (χ4v) is 1.84. The topological polar surface area (TPSA) is 74.5 Å². The molecule has 7 heteroatoms. The molecular formula is C13H17BN2O4. The van der Waals surface area contributed by atoms with E-state index in [4.69, 9.17) is 9.31 Å². The predicted octanol–water partition coefficient (Wildman–Crippen LogP) is 2.63. The zero-order valence-corrected chi connectivity index (χ0v) is 12.0. The summed E-state index contributed by atoms with van der Waals surface area (Å²) in [5, 5.41) is 10.9. The highest BCUT2D eigenvalue weighted by Gasteiger charge is 2.50. The minimum Gasteiger partial charge on any atom is -0.400 e. The molecule has 0 saturated carbocycles. The minimum atomic E-state index is -0.528. The molecule has 6 nitrogen and oxygen atoms in total. The molecular weight excluding hydrogens is 259 g/mol. The Morgan fingerprint density at radius 3 is 2.45 bits per heavy atom. The molecule has 0 aliphatic carbocycles. The molecule has 0 atom stereocenters. The lowest BCUT2D eigenvalue weighted by atomic mass is 9.89. The summed E-state index contributed by atoms with van der Waals surface area (Å²) in [5.41, 5.74) is -0.432. The largest absolute Gasteiger partial charge is 0.487 e. The van der Waals surface area contributed by atoms with Crippen LogP contribution in [0.25, 0.3) is 6.08 Å². The van der Waals surface area contributed by atoms with Gasteiger partial charge >= 0.3 is 12.9 Å². The Balaban J connectivity index is 2.18. The van der Waals surface area contributed by atoms with Crippen LogP contribution in [0.1, 0.15) is 33.3 Å². The average Bonchev–Trinajstić information content (AvgIpc) is 2.55. The molecule has 1 aromatic heterocycles. The zero-order valence-electron chi connectivity index (χ0n) is 12.0. The summed E-state index contributed by atoms with van der Waals surface area (Å²) >= 11 is 0. The van der Waals surface area contributed by atoms with Crippen LogP contribution in [0.2, 0.25) is 0 Å². The Labute approximate surface area is 118 Å². The monoisotopic (exact) mass is 276 g/mol. The highest BCUT2D eigenvalue weighted by molar-refractivity contribution is 6.52.